The third-order valence-corrected chi connectivity index (χ3v) is 2.45. The number of carboxylic acids is 1. The number of halogens is 1. The van der Waals surface area contributed by atoms with Crippen LogP contribution in [0.3, 0.4) is 0 Å². The Kier molecular flexibility index (Phi) is 4.82. The topological polar surface area (TPSA) is 95.9 Å². The molecule has 6 nitrogen and oxygen atoms in total. The number of ether oxygens (including phenoxy) is 1. The number of carbonyl (C=O) groups is 2. The quantitative estimate of drug-likeness (QED) is 0.720. The second kappa shape index (κ2) is 6.14. The minimum Gasteiger partial charge on any atom is -0.494 e. The van der Waals surface area contributed by atoms with Gasteiger partial charge in [0, 0.05) is 5.56 Å². The van der Waals surface area contributed by atoms with E-state index in [1.807, 2.05) is 0 Å². The second-order valence-electron chi connectivity index (χ2n) is 3.88. The number of carbonyl (C=O) groups excluding carboxylic acids is 1. The van der Waals surface area contributed by atoms with Crippen LogP contribution in [0.4, 0.5) is 4.39 Å². The average Bonchev–Trinajstić information content (AvgIpc) is 2.35. The van der Waals surface area contributed by atoms with Gasteiger partial charge in [0.15, 0.2) is 17.6 Å². The molecule has 0 heterocycles. The van der Waals surface area contributed by atoms with Crippen LogP contribution in [0, 0.1) is 5.82 Å². The van der Waals surface area contributed by atoms with Crippen molar-refractivity contribution in [2.24, 2.45) is 0 Å². The van der Waals surface area contributed by atoms with Crippen molar-refractivity contribution in [3.63, 3.8) is 0 Å². The largest absolute Gasteiger partial charge is 0.494 e. The van der Waals surface area contributed by atoms with Crippen LogP contribution in [0.5, 0.6) is 5.75 Å². The van der Waals surface area contributed by atoms with Crippen molar-refractivity contribution in [1.29, 1.82) is 0 Å². The number of benzene rings is 1. The molecule has 0 spiro atoms. The lowest BCUT2D eigenvalue weighted by Gasteiger charge is -2.17. The van der Waals surface area contributed by atoms with Gasteiger partial charge in [0.05, 0.1) is 13.2 Å². The number of rotatable bonds is 5. The molecule has 0 fully saturated rings. The lowest BCUT2D eigenvalue weighted by atomic mass is 10.1. The number of aliphatic hydroxyl groups excluding tert-OH is 1. The molecule has 104 valence electrons. The standard InChI is InChI=1S/C12H14FNO5/c1-6(15)10(12(17)18)14-11(16)7-3-4-8(13)9(5-7)19-2/h3-6,10,15H,1-2H3,(H,14,16)(H,17,18). The number of methoxy groups -OCH3 is 1. The zero-order chi connectivity index (χ0) is 14.6. The summed E-state index contributed by atoms with van der Waals surface area (Å²) >= 11 is 0. The van der Waals surface area contributed by atoms with E-state index in [2.05, 4.69) is 5.32 Å². The maximum atomic E-state index is 13.2. The highest BCUT2D eigenvalue weighted by Gasteiger charge is 2.25. The lowest BCUT2D eigenvalue weighted by Crippen LogP contribution is -2.47. The van der Waals surface area contributed by atoms with Gasteiger partial charge in [-0.25, -0.2) is 9.18 Å². The van der Waals surface area contributed by atoms with E-state index in [0.29, 0.717) is 0 Å². The number of hydrogen-bond donors (Lipinski definition) is 3. The van der Waals surface area contributed by atoms with E-state index in [9.17, 15) is 19.1 Å². The molecule has 1 aromatic carbocycles. The molecule has 7 heteroatoms. The van der Waals surface area contributed by atoms with Gasteiger partial charge in [-0.2, -0.15) is 0 Å². The number of hydrogen-bond acceptors (Lipinski definition) is 4. The Bertz CT molecular complexity index is 489. The molecule has 3 N–H and O–H groups in total. The fraction of sp³-hybridized carbons (Fsp3) is 0.333. The van der Waals surface area contributed by atoms with Gasteiger partial charge >= 0.3 is 5.97 Å². The SMILES string of the molecule is COc1cc(C(=O)NC(C(=O)O)C(C)O)ccc1F. The van der Waals surface area contributed by atoms with E-state index in [1.54, 1.807) is 0 Å². The molecule has 1 rings (SSSR count). The first-order chi connectivity index (χ1) is 8.86. The Labute approximate surface area is 108 Å². The fourth-order valence-corrected chi connectivity index (χ4v) is 1.41. The van der Waals surface area contributed by atoms with Crippen LogP contribution in [0.1, 0.15) is 17.3 Å². The fourth-order valence-electron chi connectivity index (χ4n) is 1.41. The van der Waals surface area contributed by atoms with E-state index in [4.69, 9.17) is 9.84 Å². The maximum Gasteiger partial charge on any atom is 0.328 e. The molecule has 19 heavy (non-hydrogen) atoms. The van der Waals surface area contributed by atoms with Crippen molar-refractivity contribution in [3.8, 4) is 5.75 Å². The third kappa shape index (κ3) is 3.65. The highest BCUT2D eigenvalue weighted by Crippen LogP contribution is 2.18. The summed E-state index contributed by atoms with van der Waals surface area (Å²) in [5.41, 5.74) is 0.0325. The third-order valence-electron chi connectivity index (χ3n) is 2.45. The van der Waals surface area contributed by atoms with Crippen LogP contribution in [-0.2, 0) is 4.79 Å². The second-order valence-corrected chi connectivity index (χ2v) is 3.88. The molecule has 1 aromatic rings. The van der Waals surface area contributed by atoms with Crippen molar-refractivity contribution < 1.29 is 28.9 Å². The van der Waals surface area contributed by atoms with Gasteiger partial charge in [-0.3, -0.25) is 4.79 Å². The van der Waals surface area contributed by atoms with Crippen molar-refractivity contribution in [2.75, 3.05) is 7.11 Å². The molecule has 0 saturated carbocycles. The summed E-state index contributed by atoms with van der Waals surface area (Å²) in [5.74, 6) is -2.87. The molecule has 0 saturated heterocycles. The van der Waals surface area contributed by atoms with Gasteiger partial charge in [0.2, 0.25) is 0 Å². The Morgan fingerprint density at radius 1 is 1.42 bits per heavy atom. The molecule has 0 aliphatic heterocycles. The minimum absolute atomic E-state index is 0.0325. The molecule has 0 radical (unpaired) electrons. The molecular weight excluding hydrogens is 257 g/mol. The minimum atomic E-state index is -1.44. The zero-order valence-corrected chi connectivity index (χ0v) is 10.4. The first-order valence-electron chi connectivity index (χ1n) is 5.42. The summed E-state index contributed by atoms with van der Waals surface area (Å²) in [4.78, 5) is 22.6. The molecule has 2 unspecified atom stereocenters. The van der Waals surface area contributed by atoms with Crippen LogP contribution < -0.4 is 10.1 Å². The number of amides is 1. The maximum absolute atomic E-state index is 13.2. The van der Waals surface area contributed by atoms with Gasteiger partial charge in [0.25, 0.3) is 5.91 Å². The van der Waals surface area contributed by atoms with Crippen LogP contribution in [0.25, 0.3) is 0 Å². The molecule has 0 bridgehead atoms. The Morgan fingerprint density at radius 3 is 2.53 bits per heavy atom. The van der Waals surface area contributed by atoms with Gasteiger partial charge in [0.1, 0.15) is 0 Å². The summed E-state index contributed by atoms with van der Waals surface area (Å²) in [6.45, 7) is 1.24. The highest BCUT2D eigenvalue weighted by atomic mass is 19.1. The molecule has 1 amide bonds. The van der Waals surface area contributed by atoms with E-state index in [0.717, 1.165) is 12.1 Å². The van der Waals surface area contributed by atoms with Gasteiger partial charge in [-0.15, -0.1) is 0 Å². The number of aliphatic carboxylic acids is 1. The van der Waals surface area contributed by atoms with E-state index in [1.165, 1.54) is 20.1 Å². The Balaban J connectivity index is 2.91. The van der Waals surface area contributed by atoms with E-state index < -0.39 is 29.8 Å². The first-order valence-corrected chi connectivity index (χ1v) is 5.42. The lowest BCUT2D eigenvalue weighted by molar-refractivity contribution is -0.141. The predicted octanol–water partition coefficient (Wildman–Crippen LogP) is 0.398. The molecule has 0 aromatic heterocycles. The summed E-state index contributed by atoms with van der Waals surface area (Å²) in [5, 5.41) is 20.2. The van der Waals surface area contributed by atoms with Gasteiger partial charge in [-0.1, -0.05) is 0 Å². The summed E-state index contributed by atoms with van der Waals surface area (Å²) in [7, 11) is 1.25. The number of nitrogens with one attached hydrogen (secondary N) is 1. The first kappa shape index (κ1) is 14.9. The van der Waals surface area contributed by atoms with Crippen LogP contribution in [0.15, 0.2) is 18.2 Å². The number of carboxylic acid groups (broad SMARTS) is 1. The Hall–Kier alpha value is -2.15. The molecule has 2 atom stereocenters. The van der Waals surface area contributed by atoms with Crippen LogP contribution in [-0.4, -0.2) is 41.3 Å². The summed E-state index contributed by atoms with van der Waals surface area (Å²) in [6, 6.07) is 1.93. The normalized spacial score (nSPS) is 13.5. The van der Waals surface area contributed by atoms with Crippen molar-refractivity contribution in [3.05, 3.63) is 29.6 Å². The van der Waals surface area contributed by atoms with Gasteiger partial charge in [-0.05, 0) is 25.1 Å². The number of aliphatic hydroxyl groups is 1. The van der Waals surface area contributed by atoms with Crippen LogP contribution in [0.2, 0.25) is 0 Å². The van der Waals surface area contributed by atoms with Crippen molar-refractivity contribution in [2.45, 2.75) is 19.1 Å². The Morgan fingerprint density at radius 2 is 2.05 bits per heavy atom. The zero-order valence-electron chi connectivity index (χ0n) is 10.4. The average molecular weight is 271 g/mol. The molecular formula is C12H14FNO5. The van der Waals surface area contributed by atoms with Gasteiger partial charge < -0.3 is 20.3 Å². The predicted molar refractivity (Wildman–Crippen MR) is 63.5 cm³/mol. The summed E-state index contributed by atoms with van der Waals surface area (Å²) in [6.07, 6.45) is -1.26. The smallest absolute Gasteiger partial charge is 0.328 e. The summed E-state index contributed by atoms with van der Waals surface area (Å²) < 4.78 is 17.9. The van der Waals surface area contributed by atoms with E-state index in [-0.39, 0.29) is 11.3 Å². The van der Waals surface area contributed by atoms with Crippen molar-refractivity contribution in [1.82, 2.24) is 5.32 Å². The monoisotopic (exact) mass is 271 g/mol. The molecule has 0 aliphatic rings. The van der Waals surface area contributed by atoms with Crippen molar-refractivity contribution >= 4 is 11.9 Å². The van der Waals surface area contributed by atoms with E-state index >= 15 is 0 Å². The molecule has 0 aliphatic carbocycles. The highest BCUT2D eigenvalue weighted by molar-refractivity contribution is 5.97. The van der Waals surface area contributed by atoms with Crippen LogP contribution >= 0.6 is 0 Å².